The molecule has 1 heterocycles. The Hall–Kier alpha value is -0.770. The number of rotatable bonds is 2. The van der Waals surface area contributed by atoms with E-state index < -0.39 is 0 Å². The number of nitrogens with one attached hydrogen (secondary N) is 1. The summed E-state index contributed by atoms with van der Waals surface area (Å²) in [6.07, 6.45) is 0. The molecule has 0 fully saturated rings. The number of anilines is 1. The molecule has 0 spiro atoms. The Labute approximate surface area is 102 Å². The van der Waals surface area contributed by atoms with Gasteiger partial charge in [0.05, 0.1) is 5.02 Å². The molecule has 1 N–H and O–H groups in total. The SMILES string of the molecule is CNc1csc(-c2ccc(Cl)cc2Cl)n1. The standard InChI is InChI=1S/C10H8Cl2N2S/c1-13-9-5-15-10(14-9)7-3-2-6(11)4-8(7)12/h2-5,13H,1H3. The van der Waals surface area contributed by atoms with Gasteiger partial charge in [0, 0.05) is 23.0 Å². The van der Waals surface area contributed by atoms with Gasteiger partial charge >= 0.3 is 0 Å². The summed E-state index contributed by atoms with van der Waals surface area (Å²) in [6.45, 7) is 0. The molecule has 78 valence electrons. The zero-order valence-corrected chi connectivity index (χ0v) is 10.2. The van der Waals surface area contributed by atoms with Crippen LogP contribution < -0.4 is 5.32 Å². The number of hydrogen-bond donors (Lipinski definition) is 1. The van der Waals surface area contributed by atoms with Gasteiger partial charge in [-0.2, -0.15) is 0 Å². The normalized spacial score (nSPS) is 10.3. The van der Waals surface area contributed by atoms with Crippen molar-refractivity contribution in [2.45, 2.75) is 0 Å². The van der Waals surface area contributed by atoms with Crippen molar-refractivity contribution < 1.29 is 0 Å². The zero-order chi connectivity index (χ0) is 10.8. The molecule has 2 nitrogen and oxygen atoms in total. The summed E-state index contributed by atoms with van der Waals surface area (Å²) >= 11 is 13.4. The van der Waals surface area contributed by atoms with E-state index >= 15 is 0 Å². The number of nitrogens with zero attached hydrogens (tertiary/aromatic N) is 1. The highest BCUT2D eigenvalue weighted by Crippen LogP contribution is 2.33. The fourth-order valence-corrected chi connectivity index (χ4v) is 2.58. The van der Waals surface area contributed by atoms with Crippen LogP contribution >= 0.6 is 34.5 Å². The van der Waals surface area contributed by atoms with Crippen LogP contribution in [0.4, 0.5) is 5.82 Å². The molecule has 2 rings (SSSR count). The summed E-state index contributed by atoms with van der Waals surface area (Å²) in [5.41, 5.74) is 0.910. The van der Waals surface area contributed by atoms with Crippen LogP contribution in [-0.2, 0) is 0 Å². The highest BCUT2D eigenvalue weighted by atomic mass is 35.5. The summed E-state index contributed by atoms with van der Waals surface area (Å²) in [5, 5.41) is 7.07. The third-order valence-electron chi connectivity index (χ3n) is 1.92. The molecular formula is C10H8Cl2N2S. The lowest BCUT2D eigenvalue weighted by Gasteiger charge is -2.00. The second kappa shape index (κ2) is 4.39. The molecule has 1 aromatic heterocycles. The summed E-state index contributed by atoms with van der Waals surface area (Å²) in [4.78, 5) is 4.37. The molecule has 1 aromatic carbocycles. The first-order valence-corrected chi connectivity index (χ1v) is 5.93. The van der Waals surface area contributed by atoms with E-state index in [1.54, 1.807) is 17.4 Å². The minimum atomic E-state index is 0.625. The van der Waals surface area contributed by atoms with Crippen molar-refractivity contribution in [1.82, 2.24) is 4.98 Å². The number of halogens is 2. The van der Waals surface area contributed by atoms with E-state index in [0.29, 0.717) is 10.0 Å². The molecule has 0 bridgehead atoms. The van der Waals surface area contributed by atoms with Gasteiger partial charge in [0.1, 0.15) is 10.8 Å². The maximum absolute atomic E-state index is 6.08. The Kier molecular flexibility index (Phi) is 3.14. The Morgan fingerprint density at radius 1 is 1.33 bits per heavy atom. The van der Waals surface area contributed by atoms with Crippen LogP contribution in [0.2, 0.25) is 10.0 Å². The van der Waals surface area contributed by atoms with Crippen LogP contribution in [-0.4, -0.2) is 12.0 Å². The van der Waals surface area contributed by atoms with E-state index in [2.05, 4.69) is 10.3 Å². The molecule has 0 radical (unpaired) electrons. The fraction of sp³-hybridized carbons (Fsp3) is 0.100. The number of aromatic nitrogens is 1. The molecule has 0 aliphatic heterocycles. The van der Waals surface area contributed by atoms with Crippen molar-refractivity contribution in [2.75, 3.05) is 12.4 Å². The van der Waals surface area contributed by atoms with Gasteiger partial charge in [-0.05, 0) is 18.2 Å². The first-order chi connectivity index (χ1) is 7.20. The molecule has 0 saturated heterocycles. The van der Waals surface area contributed by atoms with Gasteiger partial charge in [0.25, 0.3) is 0 Å². The number of thiazole rings is 1. The quantitative estimate of drug-likeness (QED) is 0.875. The van der Waals surface area contributed by atoms with E-state index in [0.717, 1.165) is 16.4 Å². The number of hydrogen-bond acceptors (Lipinski definition) is 3. The average Bonchev–Trinajstić information content (AvgIpc) is 2.66. The molecule has 2 aromatic rings. The average molecular weight is 259 g/mol. The third-order valence-corrected chi connectivity index (χ3v) is 3.35. The van der Waals surface area contributed by atoms with Gasteiger partial charge in [-0.3, -0.25) is 0 Å². The molecule has 0 unspecified atom stereocenters. The number of benzene rings is 1. The Balaban J connectivity index is 2.44. The third kappa shape index (κ3) is 2.25. The van der Waals surface area contributed by atoms with Crippen molar-refractivity contribution in [2.24, 2.45) is 0 Å². The monoisotopic (exact) mass is 258 g/mol. The summed E-state index contributed by atoms with van der Waals surface area (Å²) < 4.78 is 0. The predicted molar refractivity (Wildman–Crippen MR) is 67.1 cm³/mol. The molecule has 0 saturated carbocycles. The van der Waals surface area contributed by atoms with Crippen molar-refractivity contribution >= 4 is 40.4 Å². The Morgan fingerprint density at radius 3 is 2.73 bits per heavy atom. The van der Waals surface area contributed by atoms with Crippen molar-refractivity contribution in [3.63, 3.8) is 0 Å². The van der Waals surface area contributed by atoms with E-state index in [1.165, 1.54) is 0 Å². The maximum Gasteiger partial charge on any atom is 0.137 e. The lowest BCUT2D eigenvalue weighted by atomic mass is 10.2. The van der Waals surface area contributed by atoms with E-state index in [4.69, 9.17) is 23.2 Å². The summed E-state index contributed by atoms with van der Waals surface area (Å²) in [5.74, 6) is 0.848. The molecule has 0 aliphatic carbocycles. The molecule has 0 aliphatic rings. The van der Waals surface area contributed by atoms with Gasteiger partial charge in [-0.1, -0.05) is 23.2 Å². The maximum atomic E-state index is 6.08. The largest absolute Gasteiger partial charge is 0.372 e. The molecule has 5 heteroatoms. The van der Waals surface area contributed by atoms with Crippen LogP contribution in [0.25, 0.3) is 10.6 Å². The fourth-order valence-electron chi connectivity index (χ4n) is 1.18. The first-order valence-electron chi connectivity index (χ1n) is 4.29. The molecule has 0 amide bonds. The molecule has 15 heavy (non-hydrogen) atoms. The van der Waals surface area contributed by atoms with Crippen LogP contribution in [0.1, 0.15) is 0 Å². The Morgan fingerprint density at radius 2 is 2.13 bits per heavy atom. The summed E-state index contributed by atoms with van der Waals surface area (Å²) in [7, 11) is 1.84. The lowest BCUT2D eigenvalue weighted by molar-refractivity contribution is 1.35. The first kappa shape index (κ1) is 10.7. The smallest absolute Gasteiger partial charge is 0.137 e. The van der Waals surface area contributed by atoms with E-state index in [1.807, 2.05) is 24.6 Å². The van der Waals surface area contributed by atoms with E-state index in [-0.39, 0.29) is 0 Å². The van der Waals surface area contributed by atoms with Gasteiger partial charge in [0.2, 0.25) is 0 Å². The molecular weight excluding hydrogens is 251 g/mol. The van der Waals surface area contributed by atoms with Gasteiger partial charge in [-0.25, -0.2) is 4.98 Å². The second-order valence-corrected chi connectivity index (χ2v) is 4.61. The second-order valence-electron chi connectivity index (χ2n) is 2.91. The van der Waals surface area contributed by atoms with Crippen LogP contribution in [0.15, 0.2) is 23.6 Å². The highest BCUT2D eigenvalue weighted by Gasteiger charge is 2.08. The van der Waals surface area contributed by atoms with Crippen molar-refractivity contribution in [1.29, 1.82) is 0 Å². The van der Waals surface area contributed by atoms with Crippen molar-refractivity contribution in [3.05, 3.63) is 33.6 Å². The highest BCUT2D eigenvalue weighted by molar-refractivity contribution is 7.13. The zero-order valence-electron chi connectivity index (χ0n) is 7.92. The van der Waals surface area contributed by atoms with Gasteiger partial charge in [0.15, 0.2) is 0 Å². The van der Waals surface area contributed by atoms with Crippen molar-refractivity contribution in [3.8, 4) is 10.6 Å². The minimum Gasteiger partial charge on any atom is -0.372 e. The van der Waals surface area contributed by atoms with Crippen LogP contribution in [0, 0.1) is 0 Å². The topological polar surface area (TPSA) is 24.9 Å². The van der Waals surface area contributed by atoms with E-state index in [9.17, 15) is 0 Å². The molecule has 0 atom stereocenters. The lowest BCUT2D eigenvalue weighted by Crippen LogP contribution is -1.87. The minimum absolute atomic E-state index is 0.625. The summed E-state index contributed by atoms with van der Waals surface area (Å²) in [6, 6.07) is 5.41. The predicted octanol–water partition coefficient (Wildman–Crippen LogP) is 4.16. The van der Waals surface area contributed by atoms with Crippen LogP contribution in [0.3, 0.4) is 0 Å². The van der Waals surface area contributed by atoms with Gasteiger partial charge < -0.3 is 5.32 Å². The van der Waals surface area contributed by atoms with Gasteiger partial charge in [-0.15, -0.1) is 11.3 Å². The Bertz CT molecular complexity index is 482. The van der Waals surface area contributed by atoms with Crippen LogP contribution in [0.5, 0.6) is 0 Å².